The van der Waals surface area contributed by atoms with Crippen molar-refractivity contribution in [3.8, 4) is 11.1 Å². The molecule has 222 valence electrons. The van der Waals surface area contributed by atoms with Gasteiger partial charge in [-0.05, 0) is 118 Å². The minimum atomic E-state index is -1.01. The zero-order chi connectivity index (χ0) is 29.0. The molecule has 4 bridgehead atoms. The molecule has 1 amide bonds. The lowest BCUT2D eigenvalue weighted by Crippen LogP contribution is -2.65. The number of aromatic nitrogens is 5. The van der Waals surface area contributed by atoms with Crippen LogP contribution in [0.1, 0.15) is 101 Å². The molecule has 0 aliphatic heterocycles. The second kappa shape index (κ2) is 8.73. The number of aryl methyl sites for hydroxylation is 1. The van der Waals surface area contributed by atoms with E-state index in [1.54, 1.807) is 0 Å². The van der Waals surface area contributed by atoms with E-state index in [1.165, 1.54) is 12.8 Å². The SMILES string of the molecule is Cc1nc2ccc(-c3cccc(N(CC45CCC(c6nc(C7CC7)no6)(CC4)CC5)C(=O)CC45CC(F)(C4)C5)c3)cn2n1. The molecule has 8 nitrogen and oxygen atoms in total. The average Bonchev–Trinajstić information content (AvgIpc) is 3.58. The number of amides is 1. The van der Waals surface area contributed by atoms with Gasteiger partial charge in [-0.25, -0.2) is 13.9 Å². The fourth-order valence-corrected chi connectivity index (χ4v) is 8.92. The number of hydrogen-bond donors (Lipinski definition) is 0. The van der Waals surface area contributed by atoms with E-state index < -0.39 is 5.67 Å². The van der Waals surface area contributed by atoms with Crippen molar-refractivity contribution < 1.29 is 13.7 Å². The van der Waals surface area contributed by atoms with Gasteiger partial charge in [0.15, 0.2) is 11.5 Å². The Balaban J connectivity index is 0.999. The van der Waals surface area contributed by atoms with Crippen LogP contribution in [0.4, 0.5) is 10.1 Å². The number of carbonyl (C=O) groups is 1. The first-order valence-corrected chi connectivity index (χ1v) is 16.0. The maximum absolute atomic E-state index is 14.4. The summed E-state index contributed by atoms with van der Waals surface area (Å²) in [6.07, 6.45) is 12.6. The van der Waals surface area contributed by atoms with Gasteiger partial charge in [-0.2, -0.15) is 10.1 Å². The van der Waals surface area contributed by atoms with Gasteiger partial charge in [0.1, 0.15) is 11.5 Å². The van der Waals surface area contributed by atoms with E-state index in [-0.39, 0.29) is 22.2 Å². The molecule has 0 unspecified atom stereocenters. The second-order valence-corrected chi connectivity index (χ2v) is 14.8. The molecule has 1 aromatic carbocycles. The summed E-state index contributed by atoms with van der Waals surface area (Å²) in [4.78, 5) is 25.5. The average molecular weight is 581 g/mol. The molecule has 4 aromatic rings. The van der Waals surface area contributed by atoms with Crippen molar-refractivity contribution in [1.29, 1.82) is 0 Å². The Bertz CT molecular complexity index is 1730. The Morgan fingerprint density at radius 2 is 1.77 bits per heavy atom. The smallest absolute Gasteiger partial charge is 0.232 e. The summed E-state index contributed by atoms with van der Waals surface area (Å²) >= 11 is 0. The number of nitrogens with zero attached hydrogens (tertiary/aromatic N) is 6. The van der Waals surface area contributed by atoms with Crippen molar-refractivity contribution >= 4 is 17.2 Å². The maximum atomic E-state index is 14.4. The highest BCUT2D eigenvalue weighted by Gasteiger charge is 2.69. The van der Waals surface area contributed by atoms with Crippen molar-refractivity contribution in [3.05, 3.63) is 60.1 Å². The predicted molar refractivity (Wildman–Crippen MR) is 158 cm³/mol. The number of fused-ring (bicyclic) bond motifs is 4. The number of alkyl halides is 1. The lowest BCUT2D eigenvalue weighted by Gasteiger charge is -2.66. The minimum absolute atomic E-state index is 0.0176. The molecule has 3 aromatic heterocycles. The molecule has 11 rings (SSSR count). The van der Waals surface area contributed by atoms with Crippen molar-refractivity contribution in [2.24, 2.45) is 10.8 Å². The van der Waals surface area contributed by atoms with Gasteiger partial charge in [-0.1, -0.05) is 17.3 Å². The first-order chi connectivity index (χ1) is 20.7. The zero-order valence-corrected chi connectivity index (χ0v) is 24.7. The second-order valence-electron chi connectivity index (χ2n) is 14.8. The predicted octanol–water partition coefficient (Wildman–Crippen LogP) is 6.87. The largest absolute Gasteiger partial charge is 0.339 e. The summed E-state index contributed by atoms with van der Waals surface area (Å²) in [5.41, 5.74) is 2.68. The fraction of sp³-hybridized carbons (Fsp3) is 0.559. The van der Waals surface area contributed by atoms with E-state index in [9.17, 15) is 9.18 Å². The van der Waals surface area contributed by atoms with Gasteiger partial charge in [0, 0.05) is 41.7 Å². The monoisotopic (exact) mass is 580 g/mol. The molecule has 7 fully saturated rings. The van der Waals surface area contributed by atoms with Crippen molar-refractivity contribution in [3.63, 3.8) is 0 Å². The summed E-state index contributed by atoms with van der Waals surface area (Å²) in [7, 11) is 0. The molecule has 7 aliphatic rings. The lowest BCUT2D eigenvalue weighted by atomic mass is 9.41. The third-order valence-corrected chi connectivity index (χ3v) is 11.6. The highest BCUT2D eigenvalue weighted by atomic mass is 19.1. The first kappa shape index (κ1) is 25.8. The van der Waals surface area contributed by atoms with Crippen LogP contribution in [0.3, 0.4) is 0 Å². The van der Waals surface area contributed by atoms with Gasteiger partial charge < -0.3 is 9.42 Å². The summed E-state index contributed by atoms with van der Waals surface area (Å²) < 4.78 is 22.1. The molecule has 0 atom stereocenters. The third-order valence-electron chi connectivity index (χ3n) is 11.6. The molecule has 0 spiro atoms. The van der Waals surface area contributed by atoms with Gasteiger partial charge >= 0.3 is 0 Å². The Kier molecular flexibility index (Phi) is 5.25. The van der Waals surface area contributed by atoms with E-state index in [1.807, 2.05) is 34.7 Å². The van der Waals surface area contributed by atoms with Gasteiger partial charge in [0.05, 0.1) is 0 Å². The number of benzene rings is 1. The number of anilines is 1. The zero-order valence-electron chi connectivity index (χ0n) is 24.7. The van der Waals surface area contributed by atoms with Gasteiger partial charge in [0.25, 0.3) is 0 Å². The molecule has 7 aliphatic carbocycles. The third kappa shape index (κ3) is 4.17. The standard InChI is InChI=1S/C34H37FN6O2/c1-22-36-27-8-7-25(17-41(27)38-22)24-3-2-4-26(15-24)40(28(42)16-32-18-34(35,19-32)20-32)21-31-9-12-33(13-10-31,14-11-31)30-37-29(39-43-30)23-5-6-23/h2-4,7-8,15,17,23H,5-6,9-14,16,18-21H2,1H3. The van der Waals surface area contributed by atoms with Gasteiger partial charge in [-0.15, -0.1) is 0 Å². The van der Waals surface area contributed by atoms with E-state index in [2.05, 4.69) is 39.5 Å². The molecule has 0 saturated heterocycles. The van der Waals surface area contributed by atoms with Crippen LogP contribution < -0.4 is 4.90 Å². The van der Waals surface area contributed by atoms with Crippen LogP contribution in [-0.4, -0.2) is 42.9 Å². The van der Waals surface area contributed by atoms with Crippen LogP contribution in [0.25, 0.3) is 16.8 Å². The first-order valence-electron chi connectivity index (χ1n) is 16.0. The van der Waals surface area contributed by atoms with E-state index in [0.717, 1.165) is 78.5 Å². The highest BCUT2D eigenvalue weighted by molar-refractivity contribution is 5.95. The van der Waals surface area contributed by atoms with E-state index >= 15 is 0 Å². The minimum Gasteiger partial charge on any atom is -0.339 e. The molecular weight excluding hydrogens is 543 g/mol. The lowest BCUT2D eigenvalue weighted by molar-refractivity contribution is -0.215. The van der Waals surface area contributed by atoms with Crippen LogP contribution >= 0.6 is 0 Å². The van der Waals surface area contributed by atoms with Crippen LogP contribution in [0.5, 0.6) is 0 Å². The number of rotatable bonds is 8. The van der Waals surface area contributed by atoms with E-state index in [0.29, 0.717) is 38.1 Å². The number of halogens is 1. The summed E-state index contributed by atoms with van der Waals surface area (Å²) in [5, 5.41) is 8.81. The van der Waals surface area contributed by atoms with E-state index in [4.69, 9.17) is 9.51 Å². The van der Waals surface area contributed by atoms with Crippen LogP contribution in [-0.2, 0) is 10.2 Å². The van der Waals surface area contributed by atoms with Crippen LogP contribution in [0, 0.1) is 17.8 Å². The Hall–Kier alpha value is -3.62. The molecule has 0 N–H and O–H groups in total. The maximum Gasteiger partial charge on any atom is 0.232 e. The molecular formula is C34H37FN6O2. The Labute approximate surface area is 250 Å². The summed E-state index contributed by atoms with van der Waals surface area (Å²) in [5.74, 6) is 3.09. The number of carbonyl (C=O) groups excluding carboxylic acids is 1. The van der Waals surface area contributed by atoms with Crippen molar-refractivity contribution in [2.75, 3.05) is 11.4 Å². The topological polar surface area (TPSA) is 89.4 Å². The van der Waals surface area contributed by atoms with Crippen molar-refractivity contribution in [1.82, 2.24) is 24.7 Å². The summed E-state index contributed by atoms with van der Waals surface area (Å²) in [6, 6.07) is 12.3. The molecule has 0 radical (unpaired) electrons. The fourth-order valence-electron chi connectivity index (χ4n) is 8.92. The Morgan fingerprint density at radius 3 is 2.49 bits per heavy atom. The molecule has 3 heterocycles. The van der Waals surface area contributed by atoms with Gasteiger partial charge in [0.2, 0.25) is 11.8 Å². The number of hydrogen-bond acceptors (Lipinski definition) is 6. The van der Waals surface area contributed by atoms with Gasteiger partial charge in [-0.3, -0.25) is 4.79 Å². The Morgan fingerprint density at radius 1 is 1.00 bits per heavy atom. The summed E-state index contributed by atoms with van der Waals surface area (Å²) in [6.45, 7) is 2.58. The van der Waals surface area contributed by atoms with Crippen LogP contribution in [0.2, 0.25) is 0 Å². The quantitative estimate of drug-likeness (QED) is 0.226. The normalized spacial score (nSPS) is 32.4. The molecule has 43 heavy (non-hydrogen) atoms. The molecule has 7 saturated carbocycles. The van der Waals surface area contributed by atoms with Crippen LogP contribution in [0.15, 0.2) is 47.1 Å². The highest BCUT2D eigenvalue weighted by Crippen LogP contribution is 2.71. The number of pyridine rings is 1. The van der Waals surface area contributed by atoms with Crippen molar-refractivity contribution in [2.45, 2.75) is 101 Å². The molecule has 9 heteroatoms.